The molecule has 8 nitrogen and oxygen atoms in total. The minimum absolute atomic E-state index is 0.190. The predicted molar refractivity (Wildman–Crippen MR) is 88.5 cm³/mol. The molecule has 0 unspecified atom stereocenters. The standard InChI is InChI=1S/C16H17FN6O2/c1-24-15-10(8-19-16(20-15)25-2)11-7-12(22-5-3-4-6-22)14-18-9-13(17)23(14)21-11/h7-9H,3-6H2,1-2H3. The molecule has 1 aliphatic rings. The van der Waals surface area contributed by atoms with Crippen LogP contribution >= 0.6 is 0 Å². The number of anilines is 1. The van der Waals surface area contributed by atoms with Gasteiger partial charge in [0.1, 0.15) is 5.69 Å². The van der Waals surface area contributed by atoms with Crippen LogP contribution < -0.4 is 14.4 Å². The van der Waals surface area contributed by atoms with Gasteiger partial charge in [-0.1, -0.05) is 0 Å². The maximum atomic E-state index is 14.1. The maximum Gasteiger partial charge on any atom is 0.319 e. The second kappa shape index (κ2) is 6.15. The summed E-state index contributed by atoms with van der Waals surface area (Å²) in [6.07, 6.45) is 4.93. The topological polar surface area (TPSA) is 77.7 Å². The van der Waals surface area contributed by atoms with Gasteiger partial charge in [-0.25, -0.2) is 9.97 Å². The van der Waals surface area contributed by atoms with E-state index in [9.17, 15) is 4.39 Å². The Balaban J connectivity index is 1.91. The van der Waals surface area contributed by atoms with Crippen LogP contribution in [0, 0.1) is 5.95 Å². The van der Waals surface area contributed by atoms with Gasteiger partial charge < -0.3 is 14.4 Å². The Kier molecular flexibility index (Phi) is 3.83. The molecule has 1 fully saturated rings. The van der Waals surface area contributed by atoms with Gasteiger partial charge in [-0.15, -0.1) is 0 Å². The van der Waals surface area contributed by atoms with Crippen LogP contribution in [0.15, 0.2) is 18.5 Å². The summed E-state index contributed by atoms with van der Waals surface area (Å²) in [5.41, 5.74) is 2.39. The van der Waals surface area contributed by atoms with Gasteiger partial charge in [0, 0.05) is 19.3 Å². The van der Waals surface area contributed by atoms with Gasteiger partial charge in [-0.3, -0.25) is 0 Å². The van der Waals surface area contributed by atoms with E-state index in [2.05, 4.69) is 25.0 Å². The fraction of sp³-hybridized carbons (Fsp3) is 0.375. The van der Waals surface area contributed by atoms with E-state index in [4.69, 9.17) is 9.47 Å². The highest BCUT2D eigenvalue weighted by Gasteiger charge is 2.22. The first-order valence-corrected chi connectivity index (χ1v) is 7.96. The monoisotopic (exact) mass is 344 g/mol. The van der Waals surface area contributed by atoms with E-state index >= 15 is 0 Å². The van der Waals surface area contributed by atoms with E-state index in [0.29, 0.717) is 22.8 Å². The molecule has 1 aliphatic heterocycles. The Hall–Kier alpha value is -2.97. The zero-order valence-electron chi connectivity index (χ0n) is 13.9. The Labute approximate surface area is 143 Å². The van der Waals surface area contributed by atoms with Gasteiger partial charge in [-0.2, -0.15) is 19.0 Å². The molecule has 0 atom stereocenters. The van der Waals surface area contributed by atoms with Crippen LogP contribution in [0.2, 0.25) is 0 Å². The Morgan fingerprint density at radius 2 is 1.88 bits per heavy atom. The summed E-state index contributed by atoms with van der Waals surface area (Å²) in [5.74, 6) is -0.211. The molecule has 0 bridgehead atoms. The molecule has 0 spiro atoms. The molecule has 0 aliphatic carbocycles. The summed E-state index contributed by atoms with van der Waals surface area (Å²) in [6.45, 7) is 1.81. The van der Waals surface area contributed by atoms with Crippen molar-refractivity contribution < 1.29 is 13.9 Å². The lowest BCUT2D eigenvalue weighted by Crippen LogP contribution is -2.19. The van der Waals surface area contributed by atoms with Crippen molar-refractivity contribution in [3.63, 3.8) is 0 Å². The number of halogens is 1. The lowest BCUT2D eigenvalue weighted by molar-refractivity contribution is 0.353. The SMILES string of the molecule is COc1ncc(-c2cc(N3CCCC3)c3ncc(F)n3n2)c(OC)n1. The van der Waals surface area contributed by atoms with Crippen molar-refractivity contribution in [2.45, 2.75) is 12.8 Å². The minimum atomic E-state index is -0.523. The molecule has 4 rings (SSSR count). The fourth-order valence-corrected chi connectivity index (χ4v) is 3.03. The Bertz CT molecular complexity index is 922. The van der Waals surface area contributed by atoms with E-state index in [1.807, 2.05) is 6.07 Å². The van der Waals surface area contributed by atoms with Crippen LogP contribution in [0.1, 0.15) is 12.8 Å². The average Bonchev–Trinajstić information content (AvgIpc) is 3.31. The molecule has 9 heteroatoms. The van der Waals surface area contributed by atoms with Crippen LogP contribution in [-0.2, 0) is 0 Å². The van der Waals surface area contributed by atoms with E-state index in [1.54, 1.807) is 6.20 Å². The number of hydrogen-bond donors (Lipinski definition) is 0. The van der Waals surface area contributed by atoms with E-state index in [0.717, 1.165) is 31.6 Å². The number of methoxy groups -OCH3 is 2. The minimum Gasteiger partial charge on any atom is -0.480 e. The van der Waals surface area contributed by atoms with Crippen LogP contribution in [-0.4, -0.2) is 51.9 Å². The van der Waals surface area contributed by atoms with Crippen molar-refractivity contribution in [1.29, 1.82) is 0 Å². The average molecular weight is 344 g/mol. The Morgan fingerprint density at radius 3 is 2.60 bits per heavy atom. The summed E-state index contributed by atoms with van der Waals surface area (Å²) in [6, 6.07) is 2.07. The molecule has 0 aromatic carbocycles. The second-order valence-electron chi connectivity index (χ2n) is 5.70. The van der Waals surface area contributed by atoms with Crippen molar-refractivity contribution in [2.75, 3.05) is 32.2 Å². The van der Waals surface area contributed by atoms with Gasteiger partial charge in [0.15, 0.2) is 5.65 Å². The first-order valence-electron chi connectivity index (χ1n) is 7.96. The van der Waals surface area contributed by atoms with Gasteiger partial charge >= 0.3 is 6.01 Å². The molecule has 3 aromatic heterocycles. The highest BCUT2D eigenvalue weighted by Crippen LogP contribution is 2.33. The van der Waals surface area contributed by atoms with Crippen LogP contribution in [0.25, 0.3) is 16.9 Å². The fourth-order valence-electron chi connectivity index (χ4n) is 3.03. The molecule has 1 saturated heterocycles. The van der Waals surface area contributed by atoms with Crippen molar-refractivity contribution in [3.8, 4) is 23.1 Å². The van der Waals surface area contributed by atoms with Crippen LogP contribution in [0.5, 0.6) is 11.9 Å². The second-order valence-corrected chi connectivity index (χ2v) is 5.70. The molecule has 4 heterocycles. The van der Waals surface area contributed by atoms with E-state index < -0.39 is 5.95 Å². The Morgan fingerprint density at radius 1 is 1.08 bits per heavy atom. The molecular formula is C16H17FN6O2. The maximum absolute atomic E-state index is 14.1. The molecule has 25 heavy (non-hydrogen) atoms. The summed E-state index contributed by atoms with van der Waals surface area (Å²) >= 11 is 0. The van der Waals surface area contributed by atoms with Crippen molar-refractivity contribution >= 4 is 11.3 Å². The van der Waals surface area contributed by atoms with Crippen LogP contribution in [0.3, 0.4) is 0 Å². The molecule has 0 saturated carbocycles. The summed E-state index contributed by atoms with van der Waals surface area (Å²) in [5, 5.41) is 4.35. The van der Waals surface area contributed by atoms with Gasteiger partial charge in [0.05, 0.1) is 31.7 Å². The summed E-state index contributed by atoms with van der Waals surface area (Å²) in [7, 11) is 2.98. The third kappa shape index (κ3) is 2.61. The van der Waals surface area contributed by atoms with E-state index in [-0.39, 0.29) is 6.01 Å². The molecule has 0 radical (unpaired) electrons. The largest absolute Gasteiger partial charge is 0.480 e. The van der Waals surface area contributed by atoms with Gasteiger partial charge in [0.2, 0.25) is 11.8 Å². The lowest BCUT2D eigenvalue weighted by atomic mass is 10.2. The number of rotatable bonds is 4. The number of aromatic nitrogens is 5. The molecule has 0 amide bonds. The van der Waals surface area contributed by atoms with Gasteiger partial charge in [-0.05, 0) is 18.9 Å². The van der Waals surface area contributed by atoms with Crippen molar-refractivity contribution in [2.24, 2.45) is 0 Å². The summed E-state index contributed by atoms with van der Waals surface area (Å²) in [4.78, 5) is 14.6. The lowest BCUT2D eigenvalue weighted by Gasteiger charge is -2.19. The van der Waals surface area contributed by atoms with E-state index in [1.165, 1.54) is 24.9 Å². The summed E-state index contributed by atoms with van der Waals surface area (Å²) < 4.78 is 25.7. The first-order chi connectivity index (χ1) is 12.2. The number of hydrogen-bond acceptors (Lipinski definition) is 7. The third-order valence-electron chi connectivity index (χ3n) is 4.24. The number of nitrogens with zero attached hydrogens (tertiary/aromatic N) is 6. The zero-order valence-corrected chi connectivity index (χ0v) is 13.9. The highest BCUT2D eigenvalue weighted by molar-refractivity contribution is 5.76. The predicted octanol–water partition coefficient (Wildman–Crippen LogP) is 1.94. The normalized spacial score (nSPS) is 14.3. The zero-order chi connectivity index (χ0) is 17.4. The van der Waals surface area contributed by atoms with Crippen molar-refractivity contribution in [3.05, 3.63) is 24.4 Å². The highest BCUT2D eigenvalue weighted by atomic mass is 19.1. The third-order valence-corrected chi connectivity index (χ3v) is 4.24. The quantitative estimate of drug-likeness (QED) is 0.716. The van der Waals surface area contributed by atoms with Gasteiger partial charge in [0.25, 0.3) is 0 Å². The van der Waals surface area contributed by atoms with Crippen molar-refractivity contribution in [1.82, 2.24) is 24.6 Å². The number of ether oxygens (including phenoxy) is 2. The molecule has 130 valence electrons. The smallest absolute Gasteiger partial charge is 0.319 e. The molecule has 0 N–H and O–H groups in total. The number of fused-ring (bicyclic) bond motifs is 1. The molecule has 3 aromatic rings. The number of imidazole rings is 1. The molecular weight excluding hydrogens is 327 g/mol. The van der Waals surface area contributed by atoms with Crippen LogP contribution in [0.4, 0.5) is 10.1 Å². The first kappa shape index (κ1) is 15.6.